The van der Waals surface area contributed by atoms with Crippen molar-refractivity contribution in [2.24, 2.45) is 0 Å². The van der Waals surface area contributed by atoms with Crippen LogP contribution in [0, 0.1) is 6.92 Å². The smallest absolute Gasteiger partial charge is 0.243 e. The average Bonchev–Trinajstić information content (AvgIpc) is 3.48. The summed E-state index contributed by atoms with van der Waals surface area (Å²) in [6.45, 7) is 4.68. The third kappa shape index (κ3) is 4.23. The van der Waals surface area contributed by atoms with Gasteiger partial charge in [0.1, 0.15) is 11.6 Å². The molecule has 1 amide bonds. The molecule has 1 aromatic heterocycles. The zero-order valence-electron chi connectivity index (χ0n) is 18.3. The number of amides is 1. The Bertz CT molecular complexity index is 1280. The van der Waals surface area contributed by atoms with E-state index in [1.165, 1.54) is 4.31 Å². The van der Waals surface area contributed by atoms with Gasteiger partial charge in [0, 0.05) is 32.7 Å². The highest BCUT2D eigenvalue weighted by Gasteiger charge is 2.41. The van der Waals surface area contributed by atoms with Crippen molar-refractivity contribution in [3.8, 4) is 0 Å². The van der Waals surface area contributed by atoms with Crippen LogP contribution >= 0.6 is 22.9 Å². The Morgan fingerprint density at radius 2 is 1.79 bits per heavy atom. The largest absolute Gasteiger partial charge is 0.345 e. The number of nitrogens with zero attached hydrogens (tertiary/aromatic N) is 4. The Labute approximate surface area is 202 Å². The van der Waals surface area contributed by atoms with E-state index in [4.69, 9.17) is 11.6 Å². The zero-order valence-corrected chi connectivity index (χ0v) is 20.7. The fourth-order valence-electron chi connectivity index (χ4n) is 4.49. The number of halogens is 1. The molecule has 1 atom stereocenters. The number of aryl methyl sites for hydroxylation is 1. The number of carbonyl (C=O) groups is 1. The Morgan fingerprint density at radius 1 is 1.06 bits per heavy atom. The number of aromatic nitrogens is 1. The molecular formula is C23H25ClN4O3S2. The third-order valence-electron chi connectivity index (χ3n) is 6.34. The maximum Gasteiger partial charge on any atom is 0.243 e. The molecule has 0 N–H and O–H groups in total. The van der Waals surface area contributed by atoms with Crippen LogP contribution in [0.3, 0.4) is 0 Å². The second kappa shape index (κ2) is 8.87. The highest BCUT2D eigenvalue weighted by molar-refractivity contribution is 7.89. The van der Waals surface area contributed by atoms with E-state index in [0.717, 1.165) is 20.9 Å². The van der Waals surface area contributed by atoms with Crippen molar-refractivity contribution in [2.75, 3.05) is 37.6 Å². The molecule has 3 aromatic rings. The van der Waals surface area contributed by atoms with Crippen molar-refractivity contribution >= 4 is 54.2 Å². The maximum atomic E-state index is 13.3. The molecule has 0 bridgehead atoms. The number of anilines is 1. The Hall–Kier alpha value is -2.20. The summed E-state index contributed by atoms with van der Waals surface area (Å²) in [7, 11) is -3.71. The molecule has 174 valence electrons. The highest BCUT2D eigenvalue weighted by atomic mass is 35.5. The fourth-order valence-corrected chi connectivity index (χ4v) is 7.46. The lowest BCUT2D eigenvalue weighted by Crippen LogP contribution is -2.54. The molecule has 10 heteroatoms. The van der Waals surface area contributed by atoms with Gasteiger partial charge in [-0.1, -0.05) is 46.7 Å². The highest BCUT2D eigenvalue weighted by Crippen LogP contribution is 2.33. The van der Waals surface area contributed by atoms with E-state index in [0.29, 0.717) is 50.6 Å². The minimum Gasteiger partial charge on any atom is -0.345 e. The molecule has 0 aliphatic carbocycles. The minimum absolute atomic E-state index is 0.102. The van der Waals surface area contributed by atoms with Crippen LogP contribution in [0.5, 0.6) is 0 Å². The molecule has 2 fully saturated rings. The average molecular weight is 505 g/mol. The molecule has 2 aliphatic rings. The topological polar surface area (TPSA) is 73.8 Å². The van der Waals surface area contributed by atoms with Gasteiger partial charge in [0.15, 0.2) is 5.13 Å². The predicted molar refractivity (Wildman–Crippen MR) is 132 cm³/mol. The van der Waals surface area contributed by atoms with Crippen LogP contribution in [-0.2, 0) is 14.8 Å². The molecule has 5 rings (SSSR count). The number of para-hydroxylation sites is 1. The molecule has 2 saturated heterocycles. The van der Waals surface area contributed by atoms with E-state index >= 15 is 0 Å². The quantitative estimate of drug-likeness (QED) is 0.541. The van der Waals surface area contributed by atoms with Gasteiger partial charge >= 0.3 is 0 Å². The first-order valence-corrected chi connectivity index (χ1v) is 13.7. The number of rotatable bonds is 4. The summed E-state index contributed by atoms with van der Waals surface area (Å²) in [4.78, 5) is 22.2. The first-order chi connectivity index (χ1) is 15.8. The number of thiazole rings is 1. The van der Waals surface area contributed by atoms with E-state index in [9.17, 15) is 13.2 Å². The van der Waals surface area contributed by atoms with Crippen molar-refractivity contribution in [3.05, 3.63) is 53.1 Å². The van der Waals surface area contributed by atoms with Crippen LogP contribution in [0.4, 0.5) is 5.13 Å². The molecule has 3 heterocycles. The molecule has 2 aromatic carbocycles. The number of hydrogen-bond donors (Lipinski definition) is 0. The van der Waals surface area contributed by atoms with Gasteiger partial charge in [0.05, 0.1) is 14.6 Å². The number of piperazine rings is 1. The molecule has 0 radical (unpaired) electrons. The first kappa shape index (κ1) is 22.6. The molecular weight excluding hydrogens is 480 g/mol. The predicted octanol–water partition coefficient (Wildman–Crippen LogP) is 3.76. The lowest BCUT2D eigenvalue weighted by molar-refractivity contribution is -0.134. The SMILES string of the molecule is Cc1ccc(S(=O)(=O)N2CCCC2C(=O)N2CCN(c3nc4c(Cl)cccc4s3)CC2)cc1. The van der Waals surface area contributed by atoms with Gasteiger partial charge in [0.2, 0.25) is 15.9 Å². The normalized spacial score (nSPS) is 20.0. The number of fused-ring (bicyclic) bond motifs is 1. The Balaban J connectivity index is 1.28. The van der Waals surface area contributed by atoms with Gasteiger partial charge in [0.25, 0.3) is 0 Å². The Kier molecular flexibility index (Phi) is 6.07. The lowest BCUT2D eigenvalue weighted by atomic mass is 10.2. The van der Waals surface area contributed by atoms with Crippen LogP contribution in [0.1, 0.15) is 18.4 Å². The van der Waals surface area contributed by atoms with Crippen molar-refractivity contribution in [3.63, 3.8) is 0 Å². The van der Waals surface area contributed by atoms with Crippen molar-refractivity contribution in [1.82, 2.24) is 14.2 Å². The third-order valence-corrected chi connectivity index (χ3v) is 9.65. The van der Waals surface area contributed by atoms with Crippen LogP contribution < -0.4 is 4.90 Å². The van der Waals surface area contributed by atoms with Gasteiger partial charge in [-0.25, -0.2) is 13.4 Å². The molecule has 2 aliphatic heterocycles. The molecule has 7 nitrogen and oxygen atoms in total. The zero-order chi connectivity index (χ0) is 23.2. The molecule has 1 unspecified atom stereocenters. The standard InChI is InChI=1S/C23H25ClN4O3S2/c1-16-7-9-17(10-8-16)33(30,31)28-11-3-5-19(28)22(29)26-12-14-27(15-13-26)23-25-21-18(24)4-2-6-20(21)32-23/h2,4,6-10,19H,3,5,11-15H2,1H3. The minimum atomic E-state index is -3.71. The molecule has 33 heavy (non-hydrogen) atoms. The lowest BCUT2D eigenvalue weighted by Gasteiger charge is -2.37. The summed E-state index contributed by atoms with van der Waals surface area (Å²) in [5, 5.41) is 1.54. The van der Waals surface area contributed by atoms with E-state index in [2.05, 4.69) is 9.88 Å². The van der Waals surface area contributed by atoms with Crippen molar-refractivity contribution in [1.29, 1.82) is 0 Å². The summed E-state index contributed by atoms with van der Waals surface area (Å²) in [6, 6.07) is 11.9. The molecule has 0 saturated carbocycles. The van der Waals surface area contributed by atoms with Crippen LogP contribution in [0.2, 0.25) is 5.02 Å². The summed E-state index contributed by atoms with van der Waals surface area (Å²) in [5.74, 6) is -0.102. The van der Waals surface area contributed by atoms with Gasteiger partial charge in [-0.3, -0.25) is 4.79 Å². The van der Waals surface area contributed by atoms with E-state index in [1.54, 1.807) is 40.5 Å². The van der Waals surface area contributed by atoms with E-state index in [-0.39, 0.29) is 10.8 Å². The van der Waals surface area contributed by atoms with Crippen molar-refractivity contribution in [2.45, 2.75) is 30.7 Å². The number of carbonyl (C=O) groups excluding carboxylic acids is 1. The van der Waals surface area contributed by atoms with Crippen molar-refractivity contribution < 1.29 is 13.2 Å². The van der Waals surface area contributed by atoms with Crippen LogP contribution in [0.25, 0.3) is 10.2 Å². The summed E-state index contributed by atoms with van der Waals surface area (Å²) < 4.78 is 28.9. The van der Waals surface area contributed by atoms with Gasteiger partial charge < -0.3 is 9.80 Å². The van der Waals surface area contributed by atoms with Gasteiger partial charge in [-0.05, 0) is 44.0 Å². The monoisotopic (exact) mass is 504 g/mol. The molecule has 0 spiro atoms. The maximum absolute atomic E-state index is 13.3. The summed E-state index contributed by atoms with van der Waals surface area (Å²) >= 11 is 7.86. The first-order valence-electron chi connectivity index (χ1n) is 11.0. The Morgan fingerprint density at radius 3 is 2.48 bits per heavy atom. The summed E-state index contributed by atoms with van der Waals surface area (Å²) in [5.41, 5.74) is 1.80. The second-order valence-electron chi connectivity index (χ2n) is 8.48. The van der Waals surface area contributed by atoms with E-state index in [1.807, 2.05) is 25.1 Å². The van der Waals surface area contributed by atoms with E-state index < -0.39 is 16.1 Å². The van der Waals surface area contributed by atoms with Gasteiger partial charge in [-0.2, -0.15) is 4.31 Å². The van der Waals surface area contributed by atoms with Crippen LogP contribution in [0.15, 0.2) is 47.4 Å². The summed E-state index contributed by atoms with van der Waals surface area (Å²) in [6.07, 6.45) is 1.24. The van der Waals surface area contributed by atoms with Crippen LogP contribution in [-0.4, -0.2) is 67.3 Å². The fraction of sp³-hybridized carbons (Fsp3) is 0.391. The number of sulfonamides is 1. The number of benzene rings is 2. The van der Waals surface area contributed by atoms with Gasteiger partial charge in [-0.15, -0.1) is 0 Å². The number of hydrogen-bond acceptors (Lipinski definition) is 6. The second-order valence-corrected chi connectivity index (χ2v) is 11.8.